The molecule has 3 nitrogen and oxygen atoms in total. The second-order valence-electron chi connectivity index (χ2n) is 4.12. The molecule has 0 amide bonds. The molecular weight excluding hydrogens is 224 g/mol. The summed E-state index contributed by atoms with van der Waals surface area (Å²) in [6.45, 7) is 0. The molecule has 0 fully saturated rings. The van der Waals surface area contributed by atoms with E-state index < -0.39 is 0 Å². The van der Waals surface area contributed by atoms with Gasteiger partial charge in [-0.15, -0.1) is 0 Å². The summed E-state index contributed by atoms with van der Waals surface area (Å²) in [4.78, 5) is 15.2. The van der Waals surface area contributed by atoms with Gasteiger partial charge in [-0.3, -0.25) is 4.79 Å². The van der Waals surface area contributed by atoms with Crippen LogP contribution in [0.25, 0.3) is 0 Å². The largest absolute Gasteiger partial charge is 0.383 e. The smallest absolute Gasteiger partial charge is 0.178 e. The van der Waals surface area contributed by atoms with E-state index in [-0.39, 0.29) is 5.78 Å². The maximum Gasteiger partial charge on any atom is 0.178 e. The molecule has 0 N–H and O–H groups in total. The van der Waals surface area contributed by atoms with Crippen molar-refractivity contribution in [3.8, 4) is 0 Å². The quantitative estimate of drug-likeness (QED) is 0.509. The maximum atomic E-state index is 11.3. The lowest BCUT2D eigenvalue weighted by molar-refractivity contribution is -0.110. The van der Waals surface area contributed by atoms with Crippen LogP contribution in [0.1, 0.15) is 0 Å². The summed E-state index contributed by atoms with van der Waals surface area (Å²) in [5.41, 5.74) is 0. The molecule has 0 atom stereocenters. The van der Waals surface area contributed by atoms with Crippen LogP contribution in [0.4, 0.5) is 0 Å². The van der Waals surface area contributed by atoms with Crippen molar-refractivity contribution in [2.24, 2.45) is 0 Å². The van der Waals surface area contributed by atoms with E-state index in [0.29, 0.717) is 0 Å². The van der Waals surface area contributed by atoms with Crippen molar-refractivity contribution < 1.29 is 4.79 Å². The zero-order valence-electron chi connectivity index (χ0n) is 11.6. The number of ketones is 1. The highest BCUT2D eigenvalue weighted by molar-refractivity contribution is 5.99. The van der Waals surface area contributed by atoms with Gasteiger partial charge in [0.1, 0.15) is 0 Å². The lowest BCUT2D eigenvalue weighted by Gasteiger charge is -2.00. The van der Waals surface area contributed by atoms with Crippen LogP contribution in [0.2, 0.25) is 0 Å². The number of allylic oxidation sites excluding steroid dienone is 8. The van der Waals surface area contributed by atoms with Crippen LogP contribution in [0.5, 0.6) is 0 Å². The monoisotopic (exact) mass is 246 g/mol. The molecule has 0 heterocycles. The second-order valence-corrected chi connectivity index (χ2v) is 4.12. The highest BCUT2D eigenvalue weighted by atomic mass is 16.1. The van der Waals surface area contributed by atoms with Gasteiger partial charge in [-0.25, -0.2) is 0 Å². The van der Waals surface area contributed by atoms with Crippen molar-refractivity contribution >= 4 is 5.78 Å². The zero-order chi connectivity index (χ0) is 13.8. The molecule has 0 saturated carbocycles. The van der Waals surface area contributed by atoms with Crippen molar-refractivity contribution in [2.75, 3.05) is 28.2 Å². The number of nitrogens with zero attached hydrogens (tertiary/aromatic N) is 2. The number of rotatable bonds is 7. The zero-order valence-corrected chi connectivity index (χ0v) is 11.6. The Morgan fingerprint density at radius 3 is 1.56 bits per heavy atom. The molecule has 0 spiro atoms. The van der Waals surface area contributed by atoms with E-state index in [4.69, 9.17) is 0 Å². The Bertz CT molecular complexity index is 372. The van der Waals surface area contributed by atoms with Gasteiger partial charge in [-0.05, 0) is 36.7 Å². The van der Waals surface area contributed by atoms with Crippen molar-refractivity contribution in [2.45, 2.75) is 0 Å². The molecule has 18 heavy (non-hydrogen) atoms. The third-order valence-corrected chi connectivity index (χ3v) is 1.73. The van der Waals surface area contributed by atoms with Gasteiger partial charge in [-0.2, -0.15) is 0 Å². The normalized spacial score (nSPS) is 12.7. The number of carbonyl (C=O) groups is 1. The lowest BCUT2D eigenvalue weighted by atomic mass is 10.3. The lowest BCUT2D eigenvalue weighted by Crippen LogP contribution is -1.99. The molecule has 0 rings (SSSR count). The standard InChI is InChI=1S/C15H22N2O/c1-16(2)13-9-6-5-7-11-15(18)12-8-10-14-17(3)4/h5-14H,1-4H3. The van der Waals surface area contributed by atoms with Gasteiger partial charge >= 0.3 is 0 Å². The predicted molar refractivity (Wildman–Crippen MR) is 78.1 cm³/mol. The van der Waals surface area contributed by atoms with Gasteiger partial charge in [0.05, 0.1) is 0 Å². The fraction of sp³-hybridized carbons (Fsp3) is 0.267. The van der Waals surface area contributed by atoms with Crippen LogP contribution in [-0.4, -0.2) is 43.8 Å². The summed E-state index contributed by atoms with van der Waals surface area (Å²) in [6.07, 6.45) is 17.7. The minimum Gasteiger partial charge on any atom is -0.383 e. The van der Waals surface area contributed by atoms with E-state index >= 15 is 0 Å². The molecule has 0 saturated heterocycles. The highest BCUT2D eigenvalue weighted by Gasteiger charge is 1.84. The summed E-state index contributed by atoms with van der Waals surface area (Å²) in [5.74, 6) is -0.0281. The predicted octanol–water partition coefficient (Wildman–Crippen LogP) is 2.37. The molecule has 0 aliphatic rings. The minimum atomic E-state index is -0.0281. The fourth-order valence-corrected chi connectivity index (χ4v) is 0.928. The molecule has 0 aliphatic heterocycles. The van der Waals surface area contributed by atoms with E-state index in [9.17, 15) is 4.79 Å². The second kappa shape index (κ2) is 10.1. The molecule has 0 bridgehead atoms. The van der Waals surface area contributed by atoms with Crippen LogP contribution < -0.4 is 0 Å². The minimum absolute atomic E-state index is 0.0281. The van der Waals surface area contributed by atoms with Crippen molar-refractivity contribution in [3.05, 3.63) is 61.0 Å². The van der Waals surface area contributed by atoms with Gasteiger partial charge in [0.2, 0.25) is 0 Å². The van der Waals surface area contributed by atoms with Crippen molar-refractivity contribution in [1.82, 2.24) is 9.80 Å². The number of hydrogen-bond donors (Lipinski definition) is 0. The van der Waals surface area contributed by atoms with E-state index in [2.05, 4.69) is 0 Å². The van der Waals surface area contributed by atoms with Gasteiger partial charge in [0.25, 0.3) is 0 Å². The van der Waals surface area contributed by atoms with Crippen LogP contribution >= 0.6 is 0 Å². The molecule has 0 aromatic rings. The Morgan fingerprint density at radius 1 is 0.667 bits per heavy atom. The van der Waals surface area contributed by atoms with Crippen LogP contribution in [-0.2, 0) is 4.79 Å². The van der Waals surface area contributed by atoms with Crippen LogP contribution in [0.3, 0.4) is 0 Å². The van der Waals surface area contributed by atoms with Crippen LogP contribution in [0, 0.1) is 0 Å². The first-order chi connectivity index (χ1) is 8.52. The van der Waals surface area contributed by atoms with Gasteiger partial charge < -0.3 is 9.80 Å². The van der Waals surface area contributed by atoms with E-state index in [1.165, 1.54) is 12.2 Å². The first kappa shape index (κ1) is 16.0. The molecular formula is C15H22N2O. The Balaban J connectivity index is 4.01. The molecule has 0 radical (unpaired) electrons. The summed E-state index contributed by atoms with van der Waals surface area (Å²) in [5, 5.41) is 0. The fourth-order valence-electron chi connectivity index (χ4n) is 0.928. The Labute approximate surface area is 110 Å². The molecule has 98 valence electrons. The Hall–Kier alpha value is -2.03. The third-order valence-electron chi connectivity index (χ3n) is 1.73. The van der Waals surface area contributed by atoms with E-state index in [1.54, 1.807) is 12.2 Å². The summed E-state index contributed by atoms with van der Waals surface area (Å²) < 4.78 is 0. The van der Waals surface area contributed by atoms with E-state index in [1.807, 2.05) is 74.7 Å². The van der Waals surface area contributed by atoms with Gasteiger partial charge in [0.15, 0.2) is 5.78 Å². The third kappa shape index (κ3) is 12.0. The first-order valence-corrected chi connectivity index (χ1v) is 5.75. The van der Waals surface area contributed by atoms with Crippen molar-refractivity contribution in [1.29, 1.82) is 0 Å². The summed E-state index contributed by atoms with van der Waals surface area (Å²) >= 11 is 0. The molecule has 0 aromatic heterocycles. The summed E-state index contributed by atoms with van der Waals surface area (Å²) in [7, 11) is 7.77. The summed E-state index contributed by atoms with van der Waals surface area (Å²) in [6, 6.07) is 0. The molecule has 0 aromatic carbocycles. The molecule has 0 aliphatic carbocycles. The van der Waals surface area contributed by atoms with Gasteiger partial charge in [0, 0.05) is 28.2 Å². The SMILES string of the molecule is CN(C)C=CC=CC=CC(=O)C=CC=CN(C)C. The molecule has 3 heteroatoms. The Morgan fingerprint density at radius 2 is 1.06 bits per heavy atom. The first-order valence-electron chi connectivity index (χ1n) is 5.75. The maximum absolute atomic E-state index is 11.3. The average Bonchev–Trinajstić information content (AvgIpc) is 2.28. The number of carbonyl (C=O) groups excluding carboxylic acids is 1. The van der Waals surface area contributed by atoms with Crippen LogP contribution in [0.15, 0.2) is 61.0 Å². The van der Waals surface area contributed by atoms with E-state index in [0.717, 1.165) is 0 Å². The average molecular weight is 246 g/mol. The Kier molecular flexibility index (Phi) is 9.00. The molecule has 0 unspecified atom stereocenters. The van der Waals surface area contributed by atoms with Crippen molar-refractivity contribution in [3.63, 3.8) is 0 Å². The van der Waals surface area contributed by atoms with Gasteiger partial charge in [-0.1, -0.05) is 24.3 Å². The topological polar surface area (TPSA) is 23.6 Å². The number of hydrogen-bond acceptors (Lipinski definition) is 3. The highest BCUT2D eigenvalue weighted by Crippen LogP contribution is 1.87.